The van der Waals surface area contributed by atoms with Crippen LogP contribution < -0.4 is 26.4 Å². The van der Waals surface area contributed by atoms with E-state index in [2.05, 4.69) is 33.7 Å². The number of anilines is 1. The highest BCUT2D eigenvalue weighted by Gasteiger charge is 2.45. The average Bonchev–Trinajstić information content (AvgIpc) is 3.27. The van der Waals surface area contributed by atoms with Crippen molar-refractivity contribution in [2.75, 3.05) is 26.0 Å². The van der Waals surface area contributed by atoms with E-state index in [-0.39, 0.29) is 5.91 Å². The molecule has 4 rings (SSSR count). The summed E-state index contributed by atoms with van der Waals surface area (Å²) in [6.07, 6.45) is 11.2. The second-order valence-corrected chi connectivity index (χ2v) is 8.56. The first kappa shape index (κ1) is 21.2. The smallest absolute Gasteiger partial charge is 0.275 e. The van der Waals surface area contributed by atoms with Crippen molar-refractivity contribution in [1.82, 2.24) is 20.4 Å². The third kappa shape index (κ3) is 3.86. The number of nitrogens with two attached hydrogens (primary N) is 1. The lowest BCUT2D eigenvalue weighted by Gasteiger charge is -2.52. The maximum absolute atomic E-state index is 13.2. The molecule has 8 nitrogen and oxygen atoms in total. The van der Waals surface area contributed by atoms with Crippen LogP contribution in [0.3, 0.4) is 0 Å². The second kappa shape index (κ2) is 8.23. The summed E-state index contributed by atoms with van der Waals surface area (Å²) in [6.45, 7) is 3.01. The van der Waals surface area contributed by atoms with Crippen LogP contribution >= 0.6 is 0 Å². The molecule has 2 unspecified atom stereocenters. The van der Waals surface area contributed by atoms with Gasteiger partial charge >= 0.3 is 0 Å². The summed E-state index contributed by atoms with van der Waals surface area (Å²) in [5.74, 6) is 2.36. The van der Waals surface area contributed by atoms with Gasteiger partial charge in [-0.2, -0.15) is 0 Å². The van der Waals surface area contributed by atoms with Crippen LogP contribution in [0.5, 0.6) is 5.75 Å². The van der Waals surface area contributed by atoms with Gasteiger partial charge in [-0.3, -0.25) is 15.8 Å². The molecule has 1 aliphatic carbocycles. The molecule has 0 aromatic heterocycles. The van der Waals surface area contributed by atoms with E-state index in [1.54, 1.807) is 25.3 Å². The molecule has 166 valence electrons. The molecule has 2 heterocycles. The molecule has 0 bridgehead atoms. The van der Waals surface area contributed by atoms with Crippen LogP contribution in [-0.4, -0.2) is 54.4 Å². The van der Waals surface area contributed by atoms with Crippen LogP contribution in [0.25, 0.3) is 0 Å². The highest BCUT2D eigenvalue weighted by atomic mass is 16.5. The quantitative estimate of drug-likeness (QED) is 0.420. The van der Waals surface area contributed by atoms with Crippen molar-refractivity contribution >= 4 is 11.6 Å². The molecule has 1 aromatic carbocycles. The Morgan fingerprint density at radius 1 is 1.35 bits per heavy atom. The number of likely N-dealkylation sites (N-methyl/N-ethyl adjacent to an activating group) is 1. The predicted octanol–water partition coefficient (Wildman–Crippen LogP) is 1.52. The first-order valence-electron chi connectivity index (χ1n) is 10.9. The summed E-state index contributed by atoms with van der Waals surface area (Å²) >= 11 is 0. The summed E-state index contributed by atoms with van der Waals surface area (Å²) in [7, 11) is 3.53. The number of amides is 1. The minimum absolute atomic E-state index is 0.206. The number of hydrogen-bond donors (Lipinski definition) is 4. The molecule has 1 fully saturated rings. The van der Waals surface area contributed by atoms with Gasteiger partial charge in [0.25, 0.3) is 5.91 Å². The highest BCUT2D eigenvalue weighted by Crippen LogP contribution is 2.35. The number of nitrogens with zero attached hydrogens (tertiary/aromatic N) is 2. The van der Waals surface area contributed by atoms with Gasteiger partial charge in [-0.1, -0.05) is 25.7 Å². The second-order valence-electron chi connectivity index (χ2n) is 8.56. The minimum atomic E-state index is -1.38. The number of terminal acetylenes is 1. The van der Waals surface area contributed by atoms with Crippen molar-refractivity contribution in [3.8, 4) is 18.1 Å². The van der Waals surface area contributed by atoms with E-state index >= 15 is 0 Å². The van der Waals surface area contributed by atoms with Gasteiger partial charge in [-0.25, -0.2) is 0 Å². The Labute approximate surface area is 184 Å². The Bertz CT molecular complexity index is 932. The Morgan fingerprint density at radius 3 is 2.74 bits per heavy atom. The van der Waals surface area contributed by atoms with Gasteiger partial charge in [0.05, 0.1) is 12.8 Å². The lowest BCUT2D eigenvalue weighted by molar-refractivity contribution is -0.123. The van der Waals surface area contributed by atoms with Crippen LogP contribution in [0.4, 0.5) is 5.69 Å². The fourth-order valence-electron chi connectivity index (χ4n) is 4.99. The van der Waals surface area contributed by atoms with Crippen LogP contribution in [0.2, 0.25) is 0 Å². The monoisotopic (exact) mass is 424 g/mol. The van der Waals surface area contributed by atoms with Crippen molar-refractivity contribution in [2.45, 2.75) is 57.0 Å². The van der Waals surface area contributed by atoms with Crippen molar-refractivity contribution in [2.24, 2.45) is 5.73 Å². The normalized spacial score (nSPS) is 26.2. The zero-order chi connectivity index (χ0) is 22.2. The molecule has 1 saturated carbocycles. The van der Waals surface area contributed by atoms with Crippen molar-refractivity contribution in [3.63, 3.8) is 0 Å². The van der Waals surface area contributed by atoms with Crippen LogP contribution in [-0.2, 0) is 4.79 Å². The molecular formula is C23H32N6O2. The molecule has 8 heteroatoms. The number of carbonyl (C=O) groups excluding carboxylic acids is 1. The van der Waals surface area contributed by atoms with E-state index < -0.39 is 5.91 Å². The number of ether oxygens (including phenoxy) is 1. The summed E-state index contributed by atoms with van der Waals surface area (Å²) in [5.41, 5.74) is 8.61. The molecule has 5 N–H and O–H groups in total. The Hall–Kier alpha value is -3.05. The molecule has 2 aliphatic heterocycles. The Morgan fingerprint density at radius 2 is 2.10 bits per heavy atom. The SMILES string of the molecule is C#Cc1ccc(NC2(N)NC(=O)C3=C(N2)N(C2CCCC2)C(CC)CN3C)c(OC)c1. The third-order valence-corrected chi connectivity index (χ3v) is 6.47. The van der Waals surface area contributed by atoms with Gasteiger partial charge in [0.15, 0.2) is 0 Å². The summed E-state index contributed by atoms with van der Waals surface area (Å²) in [6, 6.07) is 6.09. The molecule has 2 atom stereocenters. The van der Waals surface area contributed by atoms with Crippen molar-refractivity contribution in [1.29, 1.82) is 0 Å². The van der Waals surface area contributed by atoms with Crippen molar-refractivity contribution in [3.05, 3.63) is 35.3 Å². The van der Waals surface area contributed by atoms with Crippen LogP contribution in [0, 0.1) is 12.3 Å². The maximum Gasteiger partial charge on any atom is 0.275 e. The summed E-state index contributed by atoms with van der Waals surface area (Å²) in [4.78, 5) is 17.6. The molecule has 1 aromatic rings. The van der Waals surface area contributed by atoms with E-state index in [1.165, 1.54) is 12.8 Å². The molecule has 0 radical (unpaired) electrons. The van der Waals surface area contributed by atoms with Gasteiger partial charge in [-0.05, 0) is 37.5 Å². The molecule has 0 saturated heterocycles. The maximum atomic E-state index is 13.2. The first-order valence-corrected chi connectivity index (χ1v) is 10.9. The van der Waals surface area contributed by atoms with Gasteiger partial charge in [0, 0.05) is 31.2 Å². The van der Waals surface area contributed by atoms with E-state index in [4.69, 9.17) is 16.9 Å². The number of hydrogen-bond acceptors (Lipinski definition) is 7. The number of methoxy groups -OCH3 is 1. The number of nitrogens with one attached hydrogen (secondary N) is 3. The number of rotatable bonds is 5. The minimum Gasteiger partial charge on any atom is -0.495 e. The zero-order valence-electron chi connectivity index (χ0n) is 18.5. The third-order valence-electron chi connectivity index (χ3n) is 6.47. The molecular weight excluding hydrogens is 392 g/mol. The highest BCUT2D eigenvalue weighted by molar-refractivity contribution is 5.95. The number of benzene rings is 1. The fourth-order valence-corrected chi connectivity index (χ4v) is 4.99. The van der Waals surface area contributed by atoms with E-state index in [0.717, 1.165) is 31.6 Å². The first-order chi connectivity index (χ1) is 14.9. The van der Waals surface area contributed by atoms with E-state index in [0.29, 0.717) is 34.8 Å². The average molecular weight is 425 g/mol. The van der Waals surface area contributed by atoms with E-state index in [1.807, 2.05) is 11.9 Å². The lowest BCUT2D eigenvalue weighted by atomic mass is 10.0. The molecule has 3 aliphatic rings. The summed E-state index contributed by atoms with van der Waals surface area (Å²) < 4.78 is 5.48. The van der Waals surface area contributed by atoms with Crippen molar-refractivity contribution < 1.29 is 9.53 Å². The van der Waals surface area contributed by atoms with Gasteiger partial charge in [0.2, 0.25) is 5.91 Å². The van der Waals surface area contributed by atoms with Crippen LogP contribution in [0.1, 0.15) is 44.6 Å². The zero-order valence-corrected chi connectivity index (χ0v) is 18.5. The van der Waals surface area contributed by atoms with Gasteiger partial charge in [-0.15, -0.1) is 6.42 Å². The topological polar surface area (TPSA) is 94.9 Å². The number of carbonyl (C=O) groups is 1. The lowest BCUT2D eigenvalue weighted by Crippen LogP contribution is -2.76. The van der Waals surface area contributed by atoms with Crippen LogP contribution in [0.15, 0.2) is 29.7 Å². The molecule has 0 spiro atoms. The Balaban J connectivity index is 1.69. The predicted molar refractivity (Wildman–Crippen MR) is 121 cm³/mol. The van der Waals surface area contributed by atoms with Gasteiger partial charge in [0.1, 0.15) is 17.3 Å². The fraction of sp³-hybridized carbons (Fsp3) is 0.522. The molecule has 31 heavy (non-hydrogen) atoms. The van der Waals surface area contributed by atoms with E-state index in [9.17, 15) is 4.79 Å². The largest absolute Gasteiger partial charge is 0.495 e. The summed E-state index contributed by atoms with van der Waals surface area (Å²) in [5, 5.41) is 9.52. The standard InChI is InChI=1S/C23H32N6O2/c1-5-15-11-12-18(19(13-15)31-4)25-23(24)26-21-20(22(30)27-23)28(3)14-16(6-2)29(21)17-9-7-8-10-17/h1,11-13,16-17,25-26H,6-10,14,24H2,2-4H3,(H,27,30). The Kier molecular flexibility index (Phi) is 5.63. The molecule has 1 amide bonds. The van der Waals surface area contributed by atoms with Gasteiger partial charge < -0.3 is 25.2 Å².